The molecule has 1 aromatic heterocycles. The predicted octanol–water partition coefficient (Wildman–Crippen LogP) is 4.24. The lowest BCUT2D eigenvalue weighted by Gasteiger charge is -2.31. The van der Waals surface area contributed by atoms with E-state index in [0.717, 1.165) is 41.3 Å². The van der Waals surface area contributed by atoms with Crippen LogP contribution in [0.1, 0.15) is 29.6 Å². The van der Waals surface area contributed by atoms with E-state index >= 15 is 0 Å². The van der Waals surface area contributed by atoms with E-state index < -0.39 is 0 Å². The Balaban J connectivity index is 1.47. The van der Waals surface area contributed by atoms with Crippen LogP contribution in [0.5, 0.6) is 5.88 Å². The van der Waals surface area contributed by atoms with E-state index in [2.05, 4.69) is 4.98 Å². The number of likely N-dealkylation sites (tertiary alicyclic amines) is 1. The van der Waals surface area contributed by atoms with Crippen molar-refractivity contribution in [2.24, 2.45) is 11.8 Å². The molecule has 2 fully saturated rings. The van der Waals surface area contributed by atoms with Crippen molar-refractivity contribution in [1.29, 1.82) is 0 Å². The molecule has 5 rings (SSSR count). The molecule has 3 aromatic rings. The first-order valence-corrected chi connectivity index (χ1v) is 11.5. The van der Waals surface area contributed by atoms with Gasteiger partial charge in [-0.25, -0.2) is 4.98 Å². The van der Waals surface area contributed by atoms with Crippen molar-refractivity contribution >= 4 is 22.6 Å². The SMILES string of the molecule is COc1ncccc1-c1ccc(C(=O)N(C)[C@H]2C[C@H]3CC(=O)N(C)C[C@H]3C2)c2ccccc12. The minimum Gasteiger partial charge on any atom is -0.481 e. The first-order chi connectivity index (χ1) is 16.0. The summed E-state index contributed by atoms with van der Waals surface area (Å²) < 4.78 is 5.48. The molecule has 0 N–H and O–H groups in total. The Hall–Kier alpha value is -3.41. The molecule has 2 aromatic carbocycles. The molecule has 0 spiro atoms. The second kappa shape index (κ2) is 8.50. The molecule has 33 heavy (non-hydrogen) atoms. The van der Waals surface area contributed by atoms with Gasteiger partial charge in [0.2, 0.25) is 11.8 Å². The molecule has 6 nitrogen and oxygen atoms in total. The molecule has 1 saturated heterocycles. The minimum atomic E-state index is 0.0271. The Bertz CT molecular complexity index is 1220. The fourth-order valence-electron chi connectivity index (χ4n) is 5.64. The van der Waals surface area contributed by atoms with Crippen LogP contribution in [0.3, 0.4) is 0 Å². The van der Waals surface area contributed by atoms with Gasteiger partial charge in [-0.2, -0.15) is 0 Å². The third-order valence-electron chi connectivity index (χ3n) is 7.46. The molecule has 0 radical (unpaired) electrons. The Kier molecular flexibility index (Phi) is 5.52. The number of hydrogen-bond donors (Lipinski definition) is 0. The molecule has 6 heteroatoms. The van der Waals surface area contributed by atoms with Crippen molar-refractivity contribution < 1.29 is 14.3 Å². The Morgan fingerprint density at radius 2 is 1.79 bits per heavy atom. The number of piperidine rings is 1. The number of rotatable bonds is 4. The molecular weight excluding hydrogens is 414 g/mol. The summed E-state index contributed by atoms with van der Waals surface area (Å²) in [4.78, 5) is 33.9. The van der Waals surface area contributed by atoms with Crippen molar-refractivity contribution in [1.82, 2.24) is 14.8 Å². The number of methoxy groups -OCH3 is 1. The Morgan fingerprint density at radius 1 is 1.03 bits per heavy atom. The Morgan fingerprint density at radius 3 is 2.58 bits per heavy atom. The summed E-state index contributed by atoms with van der Waals surface area (Å²) in [6.45, 7) is 0.798. The number of ether oxygens (including phenoxy) is 1. The number of carbonyl (C=O) groups is 2. The van der Waals surface area contributed by atoms with Gasteiger partial charge < -0.3 is 14.5 Å². The number of pyridine rings is 1. The maximum Gasteiger partial charge on any atom is 0.254 e. The van der Waals surface area contributed by atoms with E-state index in [1.807, 2.05) is 72.4 Å². The number of benzene rings is 2. The highest BCUT2D eigenvalue weighted by molar-refractivity contribution is 6.11. The number of nitrogens with zero attached hydrogens (tertiary/aromatic N) is 3. The van der Waals surface area contributed by atoms with Crippen LogP contribution in [0.4, 0.5) is 0 Å². The van der Waals surface area contributed by atoms with Crippen molar-refractivity contribution in [3.63, 3.8) is 0 Å². The summed E-state index contributed by atoms with van der Waals surface area (Å²) in [7, 11) is 5.40. The summed E-state index contributed by atoms with van der Waals surface area (Å²) in [6.07, 6.45) is 4.16. The molecule has 2 aliphatic rings. The zero-order valence-corrected chi connectivity index (χ0v) is 19.3. The number of hydrogen-bond acceptors (Lipinski definition) is 4. The second-order valence-electron chi connectivity index (χ2n) is 9.31. The van der Waals surface area contributed by atoms with E-state index in [1.165, 1.54) is 0 Å². The van der Waals surface area contributed by atoms with E-state index in [0.29, 0.717) is 29.7 Å². The van der Waals surface area contributed by atoms with Crippen molar-refractivity contribution in [3.8, 4) is 17.0 Å². The summed E-state index contributed by atoms with van der Waals surface area (Å²) in [5.74, 6) is 1.67. The van der Waals surface area contributed by atoms with Gasteiger partial charge in [0.05, 0.1) is 7.11 Å². The zero-order chi connectivity index (χ0) is 23.1. The smallest absolute Gasteiger partial charge is 0.254 e. The lowest BCUT2D eigenvalue weighted by Crippen LogP contribution is -2.39. The van der Waals surface area contributed by atoms with Crippen LogP contribution in [0.25, 0.3) is 21.9 Å². The normalized spacial score (nSPS) is 22.3. The predicted molar refractivity (Wildman–Crippen MR) is 128 cm³/mol. The van der Waals surface area contributed by atoms with Gasteiger partial charge >= 0.3 is 0 Å². The first kappa shape index (κ1) is 21.4. The van der Waals surface area contributed by atoms with Crippen molar-refractivity contribution in [2.45, 2.75) is 25.3 Å². The summed E-state index contributed by atoms with van der Waals surface area (Å²) in [5.41, 5.74) is 2.59. The lowest BCUT2D eigenvalue weighted by molar-refractivity contribution is -0.134. The average molecular weight is 444 g/mol. The van der Waals surface area contributed by atoms with Gasteiger partial charge in [-0.3, -0.25) is 9.59 Å². The van der Waals surface area contributed by atoms with E-state index in [9.17, 15) is 9.59 Å². The van der Waals surface area contributed by atoms with Crippen molar-refractivity contribution in [3.05, 3.63) is 60.3 Å². The second-order valence-corrected chi connectivity index (χ2v) is 9.31. The highest BCUT2D eigenvalue weighted by Crippen LogP contribution is 2.41. The van der Waals surface area contributed by atoms with Crippen LogP contribution < -0.4 is 4.74 Å². The molecule has 1 aliphatic heterocycles. The molecule has 1 aliphatic carbocycles. The van der Waals surface area contributed by atoms with Gasteiger partial charge in [0.1, 0.15) is 0 Å². The molecular formula is C27H29N3O3. The first-order valence-electron chi connectivity index (χ1n) is 11.5. The third kappa shape index (κ3) is 3.73. The molecule has 3 atom stereocenters. The highest BCUT2D eigenvalue weighted by Gasteiger charge is 2.42. The van der Waals surface area contributed by atoms with Crippen molar-refractivity contribution in [2.75, 3.05) is 27.7 Å². The number of aromatic nitrogens is 1. The van der Waals surface area contributed by atoms with Gasteiger partial charge in [0.15, 0.2) is 0 Å². The van der Waals surface area contributed by atoms with Crippen LogP contribution in [0, 0.1) is 11.8 Å². The van der Waals surface area contributed by atoms with Crippen LogP contribution in [-0.2, 0) is 4.79 Å². The highest BCUT2D eigenvalue weighted by atomic mass is 16.5. The number of carbonyl (C=O) groups excluding carboxylic acids is 2. The van der Waals surface area contributed by atoms with Gasteiger partial charge in [0, 0.05) is 50.4 Å². The molecule has 0 unspecified atom stereocenters. The monoisotopic (exact) mass is 443 g/mol. The Labute approximate surface area is 194 Å². The molecule has 2 amide bonds. The largest absolute Gasteiger partial charge is 0.481 e. The molecule has 2 heterocycles. The van der Waals surface area contributed by atoms with E-state index in [4.69, 9.17) is 4.74 Å². The van der Waals surface area contributed by atoms with Crippen LogP contribution in [0.15, 0.2) is 54.7 Å². The maximum absolute atomic E-state index is 13.7. The number of amides is 2. The van der Waals surface area contributed by atoms with Gasteiger partial charge in [-0.1, -0.05) is 30.3 Å². The minimum absolute atomic E-state index is 0.0271. The molecule has 170 valence electrons. The van der Waals surface area contributed by atoms with Crippen LogP contribution in [0.2, 0.25) is 0 Å². The fraction of sp³-hybridized carbons (Fsp3) is 0.370. The summed E-state index contributed by atoms with van der Waals surface area (Å²) in [5, 5.41) is 1.92. The summed E-state index contributed by atoms with van der Waals surface area (Å²) >= 11 is 0. The molecule has 0 bridgehead atoms. The van der Waals surface area contributed by atoms with E-state index in [-0.39, 0.29) is 17.9 Å². The van der Waals surface area contributed by atoms with Crippen LogP contribution >= 0.6 is 0 Å². The third-order valence-corrected chi connectivity index (χ3v) is 7.46. The average Bonchev–Trinajstić information content (AvgIpc) is 3.25. The van der Waals surface area contributed by atoms with E-state index in [1.54, 1.807) is 13.3 Å². The quantitative estimate of drug-likeness (QED) is 0.605. The lowest BCUT2D eigenvalue weighted by atomic mass is 9.88. The standard InChI is InChI=1S/C27H29N3O3/c1-29-16-18-14-19(13-17(18)15-25(29)31)30(2)27(32)24-11-10-22(20-7-4-5-8-21(20)24)23-9-6-12-28-26(23)33-3/h4-12,17-19H,13-16H2,1-3H3/t17-,18+,19-/m0/s1. The van der Waals surface area contributed by atoms with Crippen LogP contribution in [-0.4, -0.2) is 60.4 Å². The van der Waals surface area contributed by atoms with Gasteiger partial charge in [-0.05, 0) is 59.2 Å². The summed E-state index contributed by atoms with van der Waals surface area (Å²) in [6, 6.07) is 15.9. The number of fused-ring (bicyclic) bond motifs is 2. The topological polar surface area (TPSA) is 62.7 Å². The fourth-order valence-corrected chi connectivity index (χ4v) is 5.64. The maximum atomic E-state index is 13.7. The van der Waals surface area contributed by atoms with Gasteiger partial charge in [-0.15, -0.1) is 0 Å². The zero-order valence-electron chi connectivity index (χ0n) is 19.3. The van der Waals surface area contributed by atoms with Gasteiger partial charge in [0.25, 0.3) is 5.91 Å². The molecule has 1 saturated carbocycles.